The third-order valence-electron chi connectivity index (χ3n) is 3.69. The average Bonchev–Trinajstić information content (AvgIpc) is 2.48. The summed E-state index contributed by atoms with van der Waals surface area (Å²) < 4.78 is 6.69. The van der Waals surface area contributed by atoms with Gasteiger partial charge in [0, 0.05) is 3.57 Å². The summed E-state index contributed by atoms with van der Waals surface area (Å²) in [4.78, 5) is 0. The van der Waals surface area contributed by atoms with E-state index in [0.717, 1.165) is 12.3 Å². The van der Waals surface area contributed by atoms with Crippen molar-refractivity contribution < 1.29 is 4.74 Å². The van der Waals surface area contributed by atoms with Crippen LogP contribution in [0.15, 0.2) is 36.4 Å². The molecule has 2 aromatic rings. The van der Waals surface area contributed by atoms with E-state index in [0.29, 0.717) is 0 Å². The van der Waals surface area contributed by atoms with Crippen LogP contribution >= 0.6 is 22.6 Å². The molecule has 0 amide bonds. The first-order valence-electron chi connectivity index (χ1n) is 7.21. The molecular weight excluding hydrogens is 373 g/mol. The number of halogens is 1. The molecule has 0 saturated carbocycles. The number of rotatable bonds is 5. The molecular formula is C18H22INO. The van der Waals surface area contributed by atoms with Gasteiger partial charge in [0.25, 0.3) is 0 Å². The molecule has 112 valence electrons. The van der Waals surface area contributed by atoms with Crippen molar-refractivity contribution in [2.24, 2.45) is 0 Å². The Hall–Kier alpha value is -1.07. The van der Waals surface area contributed by atoms with Crippen LogP contribution < -0.4 is 10.1 Å². The molecule has 0 spiro atoms. The summed E-state index contributed by atoms with van der Waals surface area (Å²) in [5.74, 6) is 0.938. The zero-order valence-corrected chi connectivity index (χ0v) is 15.2. The lowest BCUT2D eigenvalue weighted by molar-refractivity contribution is 0.411. The molecule has 2 aromatic carbocycles. The van der Waals surface area contributed by atoms with Gasteiger partial charge in [-0.25, -0.2) is 0 Å². The number of hydrogen-bond acceptors (Lipinski definition) is 2. The highest BCUT2D eigenvalue weighted by molar-refractivity contribution is 14.1. The van der Waals surface area contributed by atoms with Crippen molar-refractivity contribution in [3.8, 4) is 5.75 Å². The second-order valence-corrected chi connectivity index (χ2v) is 6.28. The maximum atomic E-state index is 5.37. The van der Waals surface area contributed by atoms with Crippen molar-refractivity contribution in [2.45, 2.75) is 26.8 Å². The fourth-order valence-corrected chi connectivity index (χ4v) is 3.26. The standard InChI is InChI=1S/C18H22INO/c1-5-20-18(15-8-6-7-12(2)17(15)19)14-9-10-16(21-4)13(3)11-14/h6-11,18,20H,5H2,1-4H3. The van der Waals surface area contributed by atoms with Gasteiger partial charge in [-0.05, 0) is 71.3 Å². The number of aryl methyl sites for hydroxylation is 2. The smallest absolute Gasteiger partial charge is 0.121 e. The molecule has 0 radical (unpaired) electrons. The van der Waals surface area contributed by atoms with Gasteiger partial charge in [0.05, 0.1) is 13.2 Å². The predicted molar refractivity (Wildman–Crippen MR) is 97.1 cm³/mol. The predicted octanol–water partition coefficient (Wildman–Crippen LogP) is 4.62. The largest absolute Gasteiger partial charge is 0.496 e. The van der Waals surface area contributed by atoms with E-state index in [1.54, 1.807) is 7.11 Å². The quantitative estimate of drug-likeness (QED) is 0.747. The van der Waals surface area contributed by atoms with E-state index in [1.807, 2.05) is 0 Å². The molecule has 0 saturated heterocycles. The van der Waals surface area contributed by atoms with Crippen molar-refractivity contribution in [3.05, 3.63) is 62.2 Å². The Bertz CT molecular complexity index is 625. The molecule has 0 aromatic heterocycles. The Labute approximate surface area is 141 Å². The van der Waals surface area contributed by atoms with E-state index in [1.165, 1.54) is 25.8 Å². The van der Waals surface area contributed by atoms with Crippen LogP contribution in [-0.4, -0.2) is 13.7 Å². The first-order chi connectivity index (χ1) is 10.1. The van der Waals surface area contributed by atoms with E-state index in [2.05, 4.69) is 85.1 Å². The van der Waals surface area contributed by atoms with Gasteiger partial charge in [-0.2, -0.15) is 0 Å². The minimum atomic E-state index is 0.214. The molecule has 21 heavy (non-hydrogen) atoms. The van der Waals surface area contributed by atoms with Crippen molar-refractivity contribution in [1.82, 2.24) is 5.32 Å². The van der Waals surface area contributed by atoms with E-state index >= 15 is 0 Å². The van der Waals surface area contributed by atoms with Crippen molar-refractivity contribution in [1.29, 1.82) is 0 Å². The normalized spacial score (nSPS) is 12.2. The van der Waals surface area contributed by atoms with Gasteiger partial charge >= 0.3 is 0 Å². The van der Waals surface area contributed by atoms with Gasteiger partial charge in [-0.3, -0.25) is 0 Å². The maximum Gasteiger partial charge on any atom is 0.121 e. The van der Waals surface area contributed by atoms with Gasteiger partial charge in [0.2, 0.25) is 0 Å². The Morgan fingerprint density at radius 2 is 1.90 bits per heavy atom. The van der Waals surface area contributed by atoms with Crippen LogP contribution in [0.1, 0.15) is 35.2 Å². The molecule has 1 unspecified atom stereocenters. The SMILES string of the molecule is CCNC(c1ccc(OC)c(C)c1)c1cccc(C)c1I. The molecule has 3 heteroatoms. The maximum absolute atomic E-state index is 5.37. The lowest BCUT2D eigenvalue weighted by Gasteiger charge is -2.22. The monoisotopic (exact) mass is 395 g/mol. The molecule has 0 fully saturated rings. The first kappa shape index (κ1) is 16.3. The summed E-state index contributed by atoms with van der Waals surface area (Å²) >= 11 is 2.44. The minimum Gasteiger partial charge on any atom is -0.496 e. The van der Waals surface area contributed by atoms with Crippen LogP contribution in [0, 0.1) is 17.4 Å². The third kappa shape index (κ3) is 3.58. The second kappa shape index (κ2) is 7.27. The fourth-order valence-electron chi connectivity index (χ4n) is 2.59. The summed E-state index contributed by atoms with van der Waals surface area (Å²) in [5.41, 5.74) is 5.10. The van der Waals surface area contributed by atoms with Gasteiger partial charge in [0.15, 0.2) is 0 Å². The van der Waals surface area contributed by atoms with Crippen LogP contribution in [0.5, 0.6) is 5.75 Å². The zero-order valence-electron chi connectivity index (χ0n) is 13.0. The average molecular weight is 395 g/mol. The molecule has 0 aliphatic rings. The summed E-state index contributed by atoms with van der Waals surface area (Å²) in [6, 6.07) is 13.1. The van der Waals surface area contributed by atoms with E-state index in [9.17, 15) is 0 Å². The molecule has 0 aliphatic heterocycles. The lowest BCUT2D eigenvalue weighted by Crippen LogP contribution is -2.23. The van der Waals surface area contributed by atoms with Gasteiger partial charge in [-0.1, -0.05) is 37.3 Å². The van der Waals surface area contributed by atoms with E-state index in [4.69, 9.17) is 4.74 Å². The van der Waals surface area contributed by atoms with Crippen molar-refractivity contribution in [2.75, 3.05) is 13.7 Å². The van der Waals surface area contributed by atoms with Crippen molar-refractivity contribution in [3.63, 3.8) is 0 Å². The van der Waals surface area contributed by atoms with E-state index in [-0.39, 0.29) is 6.04 Å². The van der Waals surface area contributed by atoms with Crippen LogP contribution in [0.25, 0.3) is 0 Å². The Morgan fingerprint density at radius 1 is 1.14 bits per heavy atom. The van der Waals surface area contributed by atoms with Crippen LogP contribution in [0.3, 0.4) is 0 Å². The minimum absolute atomic E-state index is 0.214. The second-order valence-electron chi connectivity index (χ2n) is 5.20. The molecule has 1 N–H and O–H groups in total. The number of methoxy groups -OCH3 is 1. The highest BCUT2D eigenvalue weighted by atomic mass is 127. The van der Waals surface area contributed by atoms with Gasteiger partial charge in [0.1, 0.15) is 5.75 Å². The molecule has 0 aliphatic carbocycles. The van der Waals surface area contributed by atoms with Crippen LogP contribution in [0.4, 0.5) is 0 Å². The Balaban J connectivity index is 2.48. The number of ether oxygens (including phenoxy) is 1. The van der Waals surface area contributed by atoms with Gasteiger partial charge in [-0.15, -0.1) is 0 Å². The summed E-state index contributed by atoms with van der Waals surface area (Å²) in [6.07, 6.45) is 0. The van der Waals surface area contributed by atoms with Crippen molar-refractivity contribution >= 4 is 22.6 Å². The van der Waals surface area contributed by atoms with Crippen LogP contribution in [-0.2, 0) is 0 Å². The number of hydrogen-bond donors (Lipinski definition) is 1. The topological polar surface area (TPSA) is 21.3 Å². The zero-order chi connectivity index (χ0) is 15.4. The lowest BCUT2D eigenvalue weighted by atomic mass is 9.96. The summed E-state index contributed by atoms with van der Waals surface area (Å²) in [5, 5.41) is 3.60. The molecule has 0 bridgehead atoms. The summed E-state index contributed by atoms with van der Waals surface area (Å²) in [7, 11) is 1.72. The Kier molecular flexibility index (Phi) is 5.65. The molecule has 2 rings (SSSR count). The molecule has 1 atom stereocenters. The highest BCUT2D eigenvalue weighted by Gasteiger charge is 2.17. The fraction of sp³-hybridized carbons (Fsp3) is 0.333. The number of benzene rings is 2. The molecule has 2 nitrogen and oxygen atoms in total. The van der Waals surface area contributed by atoms with E-state index < -0.39 is 0 Å². The Morgan fingerprint density at radius 3 is 2.52 bits per heavy atom. The highest BCUT2D eigenvalue weighted by Crippen LogP contribution is 2.30. The van der Waals surface area contributed by atoms with Crippen LogP contribution in [0.2, 0.25) is 0 Å². The third-order valence-corrected chi connectivity index (χ3v) is 5.17. The molecule has 0 heterocycles. The number of nitrogens with one attached hydrogen (secondary N) is 1. The van der Waals surface area contributed by atoms with Gasteiger partial charge < -0.3 is 10.1 Å². The summed E-state index contributed by atoms with van der Waals surface area (Å²) in [6.45, 7) is 7.33. The first-order valence-corrected chi connectivity index (χ1v) is 8.29.